The number of benzene rings is 2. The van der Waals surface area contributed by atoms with E-state index >= 15 is 0 Å². The number of rotatable bonds is 4. The molecule has 3 heterocycles. The number of nitrogens with one attached hydrogen (secondary N) is 1. The fraction of sp³-hybridized carbons (Fsp3) is 0.0526. The van der Waals surface area contributed by atoms with Gasteiger partial charge in [-0.25, -0.2) is 0 Å². The summed E-state index contributed by atoms with van der Waals surface area (Å²) in [6.07, 6.45) is 0. The largest absolute Gasteiger partial charge is 0.497 e. The Kier molecular flexibility index (Phi) is 4.07. The second-order valence-corrected chi connectivity index (χ2v) is 7.42. The van der Waals surface area contributed by atoms with Crippen LogP contribution < -0.4 is 4.74 Å². The van der Waals surface area contributed by atoms with E-state index in [0.717, 1.165) is 33.3 Å². The van der Waals surface area contributed by atoms with Gasteiger partial charge in [-0.2, -0.15) is 14.7 Å². The van der Waals surface area contributed by atoms with Crippen molar-refractivity contribution in [1.29, 1.82) is 0 Å². The second-order valence-electron chi connectivity index (χ2n) is 6.03. The predicted molar refractivity (Wildman–Crippen MR) is 109 cm³/mol. The topological polar surface area (TPSA) is 81.0 Å². The average Bonchev–Trinajstić information content (AvgIpc) is 3.44. The summed E-state index contributed by atoms with van der Waals surface area (Å²) in [5, 5.41) is 22.1. The molecule has 2 aromatic carbocycles. The molecule has 0 fully saturated rings. The second kappa shape index (κ2) is 6.74. The summed E-state index contributed by atoms with van der Waals surface area (Å²) in [6, 6.07) is 17.2. The molecule has 138 valence electrons. The molecule has 5 rings (SSSR count). The first-order valence-corrected chi connectivity index (χ1v) is 9.59. The van der Waals surface area contributed by atoms with Crippen molar-refractivity contribution >= 4 is 27.9 Å². The molecule has 0 saturated carbocycles. The highest BCUT2D eigenvalue weighted by molar-refractivity contribution is 7.19. The molecule has 7 nitrogen and oxygen atoms in total. The van der Waals surface area contributed by atoms with Crippen LogP contribution in [0.15, 0.2) is 54.6 Å². The molecule has 0 aliphatic rings. The minimum atomic E-state index is 0.610. The fourth-order valence-electron chi connectivity index (χ4n) is 2.84. The summed E-state index contributed by atoms with van der Waals surface area (Å²) in [5.41, 5.74) is 3.51. The van der Waals surface area contributed by atoms with Gasteiger partial charge in [0.05, 0.1) is 12.8 Å². The number of nitrogens with zero attached hydrogens (tertiary/aromatic N) is 5. The third kappa shape index (κ3) is 2.92. The molecule has 0 bridgehead atoms. The molecule has 0 radical (unpaired) electrons. The van der Waals surface area contributed by atoms with Crippen LogP contribution in [0, 0.1) is 0 Å². The molecule has 0 spiro atoms. The van der Waals surface area contributed by atoms with Crippen LogP contribution in [0.1, 0.15) is 0 Å². The molecule has 0 unspecified atom stereocenters. The van der Waals surface area contributed by atoms with Gasteiger partial charge < -0.3 is 4.74 Å². The van der Waals surface area contributed by atoms with Gasteiger partial charge in [-0.15, -0.1) is 10.2 Å². The molecule has 28 heavy (non-hydrogen) atoms. The number of H-pyrrole nitrogens is 1. The first-order valence-electron chi connectivity index (χ1n) is 8.39. The summed E-state index contributed by atoms with van der Waals surface area (Å²) in [4.78, 5) is 0.709. The van der Waals surface area contributed by atoms with Crippen LogP contribution in [0.3, 0.4) is 0 Å². The number of hydrogen-bond acceptors (Lipinski definition) is 6. The Balaban J connectivity index is 1.51. The number of ether oxygens (including phenoxy) is 1. The summed E-state index contributed by atoms with van der Waals surface area (Å²) in [6.45, 7) is 0. The zero-order chi connectivity index (χ0) is 19.1. The van der Waals surface area contributed by atoms with Crippen LogP contribution in [0.2, 0.25) is 5.02 Å². The summed E-state index contributed by atoms with van der Waals surface area (Å²) < 4.78 is 6.92. The van der Waals surface area contributed by atoms with Crippen LogP contribution in [-0.2, 0) is 0 Å². The van der Waals surface area contributed by atoms with E-state index in [-0.39, 0.29) is 0 Å². The van der Waals surface area contributed by atoms with Gasteiger partial charge >= 0.3 is 0 Å². The number of fused-ring (bicyclic) bond motifs is 1. The highest BCUT2D eigenvalue weighted by Gasteiger charge is 2.17. The van der Waals surface area contributed by atoms with Gasteiger partial charge in [0, 0.05) is 16.1 Å². The Morgan fingerprint density at radius 2 is 1.75 bits per heavy atom. The number of methoxy groups -OCH3 is 1. The summed E-state index contributed by atoms with van der Waals surface area (Å²) in [7, 11) is 1.64. The lowest BCUT2D eigenvalue weighted by molar-refractivity contribution is 0.415. The molecule has 1 N–H and O–H groups in total. The van der Waals surface area contributed by atoms with Gasteiger partial charge in [-0.05, 0) is 42.5 Å². The lowest BCUT2D eigenvalue weighted by Gasteiger charge is -1.99. The highest BCUT2D eigenvalue weighted by Crippen LogP contribution is 2.29. The molecular weight excluding hydrogens is 396 g/mol. The molecule has 0 aliphatic carbocycles. The van der Waals surface area contributed by atoms with Crippen molar-refractivity contribution in [2.24, 2.45) is 0 Å². The zero-order valence-electron chi connectivity index (χ0n) is 14.6. The zero-order valence-corrected chi connectivity index (χ0v) is 16.2. The van der Waals surface area contributed by atoms with Crippen molar-refractivity contribution in [2.75, 3.05) is 7.11 Å². The minimum Gasteiger partial charge on any atom is -0.497 e. The Morgan fingerprint density at radius 1 is 1.00 bits per heavy atom. The molecule has 0 aliphatic heterocycles. The van der Waals surface area contributed by atoms with Crippen molar-refractivity contribution in [3.63, 3.8) is 0 Å². The van der Waals surface area contributed by atoms with Crippen molar-refractivity contribution in [2.45, 2.75) is 0 Å². The van der Waals surface area contributed by atoms with Crippen molar-refractivity contribution in [3.8, 4) is 39.1 Å². The monoisotopic (exact) mass is 408 g/mol. The van der Waals surface area contributed by atoms with Gasteiger partial charge in [-0.1, -0.05) is 35.1 Å². The molecular formula is C19H13ClN6OS. The van der Waals surface area contributed by atoms with Gasteiger partial charge in [-0.3, -0.25) is 5.10 Å². The number of aromatic amines is 1. The van der Waals surface area contributed by atoms with Crippen molar-refractivity contribution in [1.82, 2.24) is 30.0 Å². The quantitative estimate of drug-likeness (QED) is 0.471. The molecule has 5 aromatic rings. The number of hydrogen-bond donors (Lipinski definition) is 1. The molecule has 0 saturated heterocycles. The van der Waals surface area contributed by atoms with Crippen LogP contribution in [0.5, 0.6) is 5.75 Å². The highest BCUT2D eigenvalue weighted by atomic mass is 35.5. The SMILES string of the molecule is COc1ccc(-c2cc(-c3nnc4sc(-c5ccc(Cl)cc5)nn34)[nH]n2)cc1. The van der Waals surface area contributed by atoms with Crippen LogP contribution >= 0.6 is 22.9 Å². The van der Waals surface area contributed by atoms with E-state index in [1.54, 1.807) is 11.6 Å². The molecule has 9 heteroatoms. The van der Waals surface area contributed by atoms with E-state index in [1.807, 2.05) is 54.6 Å². The Morgan fingerprint density at radius 3 is 2.50 bits per heavy atom. The van der Waals surface area contributed by atoms with E-state index < -0.39 is 0 Å². The number of aromatic nitrogens is 6. The van der Waals surface area contributed by atoms with Gasteiger partial charge in [0.15, 0.2) is 0 Å². The Labute approximate surface area is 168 Å². The standard InChI is InChI=1S/C19H13ClN6OS/c1-27-14-8-4-11(5-9-14)15-10-16(22-21-15)17-23-24-19-26(17)25-18(28-19)12-2-6-13(20)7-3-12/h2-10H,1H3,(H,21,22). The average molecular weight is 409 g/mol. The Bertz CT molecular complexity index is 1260. The third-order valence-corrected chi connectivity index (χ3v) is 5.49. The number of halogens is 1. The summed E-state index contributed by atoms with van der Waals surface area (Å²) >= 11 is 7.44. The van der Waals surface area contributed by atoms with Crippen molar-refractivity contribution in [3.05, 3.63) is 59.6 Å². The Hall–Kier alpha value is -3.23. The maximum Gasteiger partial charge on any atom is 0.235 e. The van der Waals surface area contributed by atoms with Gasteiger partial charge in [0.25, 0.3) is 0 Å². The van der Waals surface area contributed by atoms with E-state index in [1.165, 1.54) is 11.3 Å². The van der Waals surface area contributed by atoms with E-state index in [9.17, 15) is 0 Å². The van der Waals surface area contributed by atoms with E-state index in [0.29, 0.717) is 15.8 Å². The summed E-state index contributed by atoms with van der Waals surface area (Å²) in [5.74, 6) is 1.41. The first kappa shape index (κ1) is 16.9. The predicted octanol–water partition coefficient (Wildman–Crippen LogP) is 4.57. The minimum absolute atomic E-state index is 0.610. The van der Waals surface area contributed by atoms with E-state index in [2.05, 4.69) is 25.5 Å². The van der Waals surface area contributed by atoms with Crippen LogP contribution in [0.4, 0.5) is 0 Å². The molecule has 3 aromatic heterocycles. The third-order valence-electron chi connectivity index (χ3n) is 4.29. The fourth-order valence-corrected chi connectivity index (χ4v) is 3.81. The smallest absolute Gasteiger partial charge is 0.235 e. The van der Waals surface area contributed by atoms with Crippen LogP contribution in [-0.4, -0.2) is 37.1 Å². The maximum absolute atomic E-state index is 5.97. The van der Waals surface area contributed by atoms with E-state index in [4.69, 9.17) is 16.3 Å². The van der Waals surface area contributed by atoms with Gasteiger partial charge in [0.1, 0.15) is 16.5 Å². The maximum atomic E-state index is 5.97. The first-order chi connectivity index (χ1) is 13.7. The normalized spacial score (nSPS) is 11.2. The van der Waals surface area contributed by atoms with Crippen molar-refractivity contribution < 1.29 is 4.74 Å². The molecule has 0 amide bonds. The van der Waals surface area contributed by atoms with Crippen LogP contribution in [0.25, 0.3) is 38.3 Å². The lowest BCUT2D eigenvalue weighted by atomic mass is 10.1. The lowest BCUT2D eigenvalue weighted by Crippen LogP contribution is -1.91. The van der Waals surface area contributed by atoms with Gasteiger partial charge in [0.2, 0.25) is 10.8 Å². The molecule has 0 atom stereocenters.